The Hall–Kier alpha value is -5.70. The van der Waals surface area contributed by atoms with E-state index in [1.165, 1.54) is 85.3 Å². The van der Waals surface area contributed by atoms with E-state index in [1.54, 1.807) is 0 Å². The summed E-state index contributed by atoms with van der Waals surface area (Å²) in [5.74, 6) is 0. The lowest BCUT2D eigenvalue weighted by Gasteiger charge is -2.15. The summed E-state index contributed by atoms with van der Waals surface area (Å²) in [5, 5.41) is 15.1. The second kappa shape index (κ2) is 8.94. The van der Waals surface area contributed by atoms with E-state index in [9.17, 15) is 0 Å². The smallest absolute Gasteiger partial charge is 0.143 e. The van der Waals surface area contributed by atoms with Crippen molar-refractivity contribution in [1.29, 1.82) is 0 Å². The predicted octanol–water partition coefficient (Wildman–Crippen LogP) is 13.3. The number of thiophene rings is 1. The van der Waals surface area contributed by atoms with Gasteiger partial charge in [-0.1, -0.05) is 115 Å². The van der Waals surface area contributed by atoms with Crippen LogP contribution in [0.15, 0.2) is 150 Å². The van der Waals surface area contributed by atoms with E-state index in [4.69, 9.17) is 4.42 Å². The fourth-order valence-corrected chi connectivity index (χ4v) is 9.10. The van der Waals surface area contributed by atoms with Gasteiger partial charge in [0.05, 0.1) is 0 Å². The number of furan rings is 1. The maximum Gasteiger partial charge on any atom is 0.143 e. The number of hydrogen-bond donors (Lipinski definition) is 0. The third-order valence-electron chi connectivity index (χ3n) is 10.00. The minimum Gasteiger partial charge on any atom is -0.455 e. The van der Waals surface area contributed by atoms with Crippen molar-refractivity contribution in [3.63, 3.8) is 0 Å². The van der Waals surface area contributed by atoms with Gasteiger partial charge in [-0.05, 0) is 90.1 Å². The lowest BCUT2D eigenvalue weighted by atomic mass is 9.87. The van der Waals surface area contributed by atoms with Crippen LogP contribution in [0, 0.1) is 0 Å². The number of benzene rings is 9. The first-order valence-corrected chi connectivity index (χ1v) is 16.6. The Labute approximate surface area is 267 Å². The highest BCUT2D eigenvalue weighted by Gasteiger charge is 2.22. The molecule has 0 bridgehead atoms. The van der Waals surface area contributed by atoms with Crippen LogP contribution in [0.25, 0.3) is 107 Å². The van der Waals surface area contributed by atoms with E-state index < -0.39 is 0 Å². The molecular weight excluding hydrogens is 577 g/mol. The van der Waals surface area contributed by atoms with Gasteiger partial charge in [-0.3, -0.25) is 0 Å². The van der Waals surface area contributed by atoms with Crippen molar-refractivity contribution in [2.24, 2.45) is 0 Å². The normalized spacial score (nSPS) is 12.3. The highest BCUT2D eigenvalue weighted by Crippen LogP contribution is 2.48. The quantitative estimate of drug-likeness (QED) is 0.180. The Bertz CT molecular complexity index is 3010. The Kier molecular flexibility index (Phi) is 4.78. The van der Waals surface area contributed by atoms with Gasteiger partial charge in [0.25, 0.3) is 0 Å². The van der Waals surface area contributed by atoms with Crippen LogP contribution in [0.1, 0.15) is 0 Å². The Morgan fingerprint density at radius 2 is 0.978 bits per heavy atom. The maximum absolute atomic E-state index is 6.97. The molecule has 0 aliphatic heterocycles. The molecule has 0 atom stereocenters. The summed E-state index contributed by atoms with van der Waals surface area (Å²) >= 11 is 1.86. The molecule has 11 rings (SSSR count). The van der Waals surface area contributed by atoms with Crippen LogP contribution in [-0.2, 0) is 0 Å². The van der Waals surface area contributed by atoms with Crippen molar-refractivity contribution >= 4 is 96.5 Å². The van der Waals surface area contributed by atoms with Crippen LogP contribution in [0.2, 0.25) is 0 Å². The standard InChI is InChI=1S/C44H24OS/c1-2-8-29-24-37-36(23-28(29)7-1)43-33(30-19-17-27-16-15-25-9-5-10-26-18-20-32(30)41(27)40(25)26)21-22-34(44(43)45-37)31-12-6-14-39-42(31)35-11-3-4-13-38(35)46-39/h1-24H. The molecule has 212 valence electrons. The van der Waals surface area contributed by atoms with Crippen molar-refractivity contribution in [3.05, 3.63) is 146 Å². The highest BCUT2D eigenvalue weighted by atomic mass is 32.1. The van der Waals surface area contributed by atoms with Gasteiger partial charge in [-0.2, -0.15) is 0 Å². The van der Waals surface area contributed by atoms with Crippen molar-refractivity contribution in [3.8, 4) is 22.3 Å². The fraction of sp³-hybridized carbons (Fsp3) is 0. The first kappa shape index (κ1) is 24.6. The van der Waals surface area contributed by atoms with Gasteiger partial charge < -0.3 is 4.42 Å². The third kappa shape index (κ3) is 3.24. The third-order valence-corrected chi connectivity index (χ3v) is 11.1. The molecule has 9 aromatic carbocycles. The molecule has 0 spiro atoms. The first-order chi connectivity index (χ1) is 22.8. The Morgan fingerprint density at radius 1 is 0.348 bits per heavy atom. The van der Waals surface area contributed by atoms with Gasteiger partial charge in [0.15, 0.2) is 0 Å². The lowest BCUT2D eigenvalue weighted by Crippen LogP contribution is -1.89. The van der Waals surface area contributed by atoms with E-state index in [2.05, 4.69) is 146 Å². The molecule has 1 nitrogen and oxygen atoms in total. The zero-order valence-electron chi connectivity index (χ0n) is 24.7. The molecule has 0 N–H and O–H groups in total. The molecule has 0 saturated carbocycles. The van der Waals surface area contributed by atoms with Gasteiger partial charge in [-0.25, -0.2) is 0 Å². The second-order valence-electron chi connectivity index (χ2n) is 12.4. The Balaban J connectivity index is 1.30. The van der Waals surface area contributed by atoms with Gasteiger partial charge in [-0.15, -0.1) is 11.3 Å². The molecule has 0 radical (unpaired) electrons. The molecular formula is C44H24OS. The van der Waals surface area contributed by atoms with Gasteiger partial charge >= 0.3 is 0 Å². The molecule has 0 aliphatic rings. The Morgan fingerprint density at radius 3 is 1.87 bits per heavy atom. The van der Waals surface area contributed by atoms with Crippen molar-refractivity contribution in [1.82, 2.24) is 0 Å². The minimum absolute atomic E-state index is 0.919. The molecule has 0 aliphatic carbocycles. The SMILES string of the molecule is c1ccc2cc3c(cc2c1)oc1c(-c2cccc4sc5ccccc5c24)ccc(-c2ccc4ccc5cccc6ccc2c4c56)c13. The molecule has 0 saturated heterocycles. The number of fused-ring (bicyclic) bond motifs is 7. The predicted molar refractivity (Wildman–Crippen MR) is 199 cm³/mol. The molecule has 0 fully saturated rings. The molecule has 2 heteroatoms. The lowest BCUT2D eigenvalue weighted by molar-refractivity contribution is 0.670. The van der Waals surface area contributed by atoms with Crippen LogP contribution >= 0.6 is 11.3 Å². The maximum atomic E-state index is 6.97. The van der Waals surface area contributed by atoms with Crippen molar-refractivity contribution in [2.75, 3.05) is 0 Å². The monoisotopic (exact) mass is 600 g/mol. The zero-order valence-corrected chi connectivity index (χ0v) is 25.5. The zero-order chi connectivity index (χ0) is 29.9. The molecule has 11 aromatic rings. The summed E-state index contributed by atoms with van der Waals surface area (Å²) < 4.78 is 9.58. The molecule has 2 heterocycles. The average Bonchev–Trinajstić information content (AvgIpc) is 3.68. The summed E-state index contributed by atoms with van der Waals surface area (Å²) in [7, 11) is 0. The number of hydrogen-bond acceptors (Lipinski definition) is 2. The van der Waals surface area contributed by atoms with Crippen LogP contribution in [0.3, 0.4) is 0 Å². The van der Waals surface area contributed by atoms with Crippen molar-refractivity contribution < 1.29 is 4.42 Å². The largest absolute Gasteiger partial charge is 0.455 e. The second-order valence-corrected chi connectivity index (χ2v) is 13.5. The van der Waals surface area contributed by atoms with Crippen LogP contribution in [-0.4, -0.2) is 0 Å². The van der Waals surface area contributed by atoms with Gasteiger partial charge in [0.2, 0.25) is 0 Å². The first-order valence-electron chi connectivity index (χ1n) is 15.8. The van der Waals surface area contributed by atoms with E-state index in [0.717, 1.165) is 22.1 Å². The molecule has 0 unspecified atom stereocenters. The average molecular weight is 601 g/mol. The minimum atomic E-state index is 0.919. The molecule has 46 heavy (non-hydrogen) atoms. The topological polar surface area (TPSA) is 13.1 Å². The van der Waals surface area contributed by atoms with Crippen LogP contribution in [0.4, 0.5) is 0 Å². The summed E-state index contributed by atoms with van der Waals surface area (Å²) in [4.78, 5) is 0. The van der Waals surface area contributed by atoms with Gasteiger partial charge in [0, 0.05) is 36.5 Å². The summed E-state index contributed by atoms with van der Waals surface area (Å²) in [6.45, 7) is 0. The van der Waals surface area contributed by atoms with E-state index in [1.807, 2.05) is 11.3 Å². The molecule has 2 aromatic heterocycles. The highest BCUT2D eigenvalue weighted by molar-refractivity contribution is 7.25. The van der Waals surface area contributed by atoms with E-state index in [-0.39, 0.29) is 0 Å². The van der Waals surface area contributed by atoms with Crippen molar-refractivity contribution in [2.45, 2.75) is 0 Å². The molecule has 0 amide bonds. The van der Waals surface area contributed by atoms with E-state index >= 15 is 0 Å². The summed E-state index contributed by atoms with van der Waals surface area (Å²) in [5.41, 5.74) is 6.64. The summed E-state index contributed by atoms with van der Waals surface area (Å²) in [6.07, 6.45) is 0. The van der Waals surface area contributed by atoms with Crippen LogP contribution < -0.4 is 0 Å². The van der Waals surface area contributed by atoms with E-state index in [0.29, 0.717) is 0 Å². The van der Waals surface area contributed by atoms with Crippen LogP contribution in [0.5, 0.6) is 0 Å². The number of rotatable bonds is 2. The fourth-order valence-electron chi connectivity index (χ4n) is 7.97. The summed E-state index contributed by atoms with van der Waals surface area (Å²) in [6, 6.07) is 53.5. The van der Waals surface area contributed by atoms with Gasteiger partial charge in [0.1, 0.15) is 11.2 Å².